The first-order chi connectivity index (χ1) is 12.7. The van der Waals surface area contributed by atoms with Gasteiger partial charge in [-0.1, -0.05) is 5.16 Å². The molecule has 2 amide bonds. The number of carbonyl (C=O) groups excluding carboxylic acids is 1. The van der Waals surface area contributed by atoms with E-state index >= 15 is 0 Å². The van der Waals surface area contributed by atoms with Gasteiger partial charge in [-0.05, 0) is 25.7 Å². The molecule has 12 heteroatoms. The van der Waals surface area contributed by atoms with E-state index in [9.17, 15) is 14.7 Å². The fourth-order valence-electron chi connectivity index (χ4n) is 2.97. The molecular weight excluding hydrogens is 360 g/mol. The van der Waals surface area contributed by atoms with E-state index in [1.165, 1.54) is 6.92 Å². The van der Waals surface area contributed by atoms with Gasteiger partial charge in [-0.2, -0.15) is 10.2 Å². The highest BCUT2D eigenvalue weighted by Gasteiger charge is 2.51. The highest BCUT2D eigenvalue weighted by atomic mass is 16.5. The number of carboxylic acids is 1. The number of aliphatic hydroxyl groups excluding tert-OH is 2. The lowest BCUT2D eigenvalue weighted by Crippen LogP contribution is -2.60. The second-order valence-corrected chi connectivity index (χ2v) is 6.62. The topological polar surface area (TPSA) is 208 Å². The van der Waals surface area contributed by atoms with Gasteiger partial charge < -0.3 is 36.2 Å². The van der Waals surface area contributed by atoms with Crippen LogP contribution in [0, 0.1) is 17.2 Å². The first-order valence-corrected chi connectivity index (χ1v) is 8.29. The Labute approximate surface area is 154 Å². The summed E-state index contributed by atoms with van der Waals surface area (Å²) in [5, 5.41) is 45.0. The van der Waals surface area contributed by atoms with Crippen molar-refractivity contribution in [1.29, 1.82) is 5.26 Å². The molecule has 0 unspecified atom stereocenters. The molecule has 1 saturated carbocycles. The molecule has 1 aliphatic carbocycles. The Hall–Kier alpha value is -2.75. The number of aliphatic hydroxyl groups is 2. The summed E-state index contributed by atoms with van der Waals surface area (Å²) >= 11 is 0. The quantitative estimate of drug-likeness (QED) is 0.313. The van der Waals surface area contributed by atoms with Crippen molar-refractivity contribution in [1.82, 2.24) is 20.8 Å². The zero-order valence-corrected chi connectivity index (χ0v) is 14.6. The summed E-state index contributed by atoms with van der Waals surface area (Å²) in [6.45, 7) is 0.841. The minimum Gasteiger partial charge on any atom is -0.480 e. The van der Waals surface area contributed by atoms with E-state index in [2.05, 4.69) is 20.8 Å². The molecule has 12 nitrogen and oxygen atoms in total. The Morgan fingerprint density at radius 1 is 1.52 bits per heavy atom. The van der Waals surface area contributed by atoms with Crippen molar-refractivity contribution >= 4 is 12.0 Å². The number of hydrogen-bond donors (Lipinski definition) is 6. The molecule has 1 heterocycles. The monoisotopic (exact) mass is 382 g/mol. The van der Waals surface area contributed by atoms with Crippen molar-refractivity contribution in [3.8, 4) is 6.07 Å². The van der Waals surface area contributed by atoms with E-state index in [1.807, 2.05) is 6.07 Å². The minimum atomic E-state index is -1.50. The van der Waals surface area contributed by atoms with E-state index in [-0.39, 0.29) is 24.1 Å². The summed E-state index contributed by atoms with van der Waals surface area (Å²) in [6.07, 6.45) is -0.380. The van der Waals surface area contributed by atoms with Crippen LogP contribution in [0.1, 0.15) is 43.9 Å². The molecule has 0 aliphatic heterocycles. The van der Waals surface area contributed by atoms with Gasteiger partial charge >= 0.3 is 12.0 Å². The molecule has 0 bridgehead atoms. The predicted molar refractivity (Wildman–Crippen MR) is 87.7 cm³/mol. The van der Waals surface area contributed by atoms with E-state index in [1.54, 1.807) is 0 Å². The average Bonchev–Trinajstić information content (AvgIpc) is 3.06. The molecule has 1 fully saturated rings. The van der Waals surface area contributed by atoms with Gasteiger partial charge in [-0.25, -0.2) is 9.59 Å². The van der Waals surface area contributed by atoms with E-state index in [0.29, 0.717) is 12.8 Å². The van der Waals surface area contributed by atoms with Gasteiger partial charge in [0.1, 0.15) is 5.54 Å². The van der Waals surface area contributed by atoms with Crippen molar-refractivity contribution in [3.05, 3.63) is 11.7 Å². The third kappa shape index (κ3) is 4.51. The Kier molecular flexibility index (Phi) is 6.32. The van der Waals surface area contributed by atoms with Gasteiger partial charge in [0.2, 0.25) is 0 Å². The number of carbonyl (C=O) groups is 2. The lowest BCUT2D eigenvalue weighted by atomic mass is 9.67. The number of nitrogens with one attached hydrogen (secondary N) is 2. The van der Waals surface area contributed by atoms with Gasteiger partial charge in [-0.15, -0.1) is 0 Å². The highest BCUT2D eigenvalue weighted by Crippen LogP contribution is 2.46. The maximum absolute atomic E-state index is 12.3. The Balaban J connectivity index is 2.17. The number of urea groups is 1. The highest BCUT2D eigenvalue weighted by molar-refractivity contribution is 5.83. The molecule has 0 saturated heterocycles. The molecule has 7 N–H and O–H groups in total. The van der Waals surface area contributed by atoms with Crippen LogP contribution in [-0.2, 0) is 10.3 Å². The van der Waals surface area contributed by atoms with Crippen LogP contribution in [0.15, 0.2) is 4.52 Å². The van der Waals surface area contributed by atoms with Crippen LogP contribution in [-0.4, -0.2) is 56.2 Å². The Morgan fingerprint density at radius 2 is 2.19 bits per heavy atom. The van der Waals surface area contributed by atoms with Crippen molar-refractivity contribution in [2.75, 3.05) is 6.61 Å². The van der Waals surface area contributed by atoms with E-state index in [0.717, 1.165) is 0 Å². The number of hydrogen-bond acceptors (Lipinski definition) is 9. The molecule has 1 aromatic heterocycles. The van der Waals surface area contributed by atoms with Crippen LogP contribution in [0.5, 0.6) is 0 Å². The van der Waals surface area contributed by atoms with Crippen molar-refractivity contribution < 1.29 is 29.4 Å². The first kappa shape index (κ1) is 20.6. The van der Waals surface area contributed by atoms with Crippen molar-refractivity contribution in [3.63, 3.8) is 0 Å². The maximum Gasteiger partial charge on any atom is 0.328 e. The van der Waals surface area contributed by atoms with Gasteiger partial charge in [0.15, 0.2) is 11.9 Å². The molecule has 3 atom stereocenters. The number of amides is 2. The summed E-state index contributed by atoms with van der Waals surface area (Å²) in [4.78, 5) is 27.5. The maximum atomic E-state index is 12.3. The smallest absolute Gasteiger partial charge is 0.328 e. The molecule has 1 aliphatic rings. The number of nitrogens with two attached hydrogens (primary N) is 1. The third-order valence-electron chi connectivity index (χ3n) is 4.42. The van der Waals surface area contributed by atoms with E-state index < -0.39 is 42.3 Å². The molecule has 0 radical (unpaired) electrons. The summed E-state index contributed by atoms with van der Waals surface area (Å²) in [7, 11) is 0. The number of rotatable bonds is 8. The fourth-order valence-corrected chi connectivity index (χ4v) is 2.97. The number of nitriles is 1. The van der Waals surface area contributed by atoms with Crippen molar-refractivity contribution in [2.24, 2.45) is 11.7 Å². The van der Waals surface area contributed by atoms with Gasteiger partial charge in [0.25, 0.3) is 5.89 Å². The summed E-state index contributed by atoms with van der Waals surface area (Å²) in [5.74, 6) is -1.29. The zero-order valence-electron chi connectivity index (χ0n) is 14.6. The van der Waals surface area contributed by atoms with E-state index in [4.69, 9.17) is 25.7 Å². The Bertz CT molecular complexity index is 723. The SMILES string of the molecule is C[C@H](O)[C@H](NC(=O)NC1(c2nc([C@@H](N)CO)no2)CC(CC#N)C1)C(=O)O. The Morgan fingerprint density at radius 3 is 2.70 bits per heavy atom. The average molecular weight is 382 g/mol. The van der Waals surface area contributed by atoms with Crippen LogP contribution in [0.3, 0.4) is 0 Å². The van der Waals surface area contributed by atoms with Gasteiger partial charge in [0.05, 0.1) is 24.8 Å². The molecule has 2 rings (SSSR count). The molecule has 0 aromatic carbocycles. The fraction of sp³-hybridized carbons (Fsp3) is 0.667. The predicted octanol–water partition coefficient (Wildman–Crippen LogP) is -1.29. The van der Waals surface area contributed by atoms with Crippen LogP contribution < -0.4 is 16.4 Å². The lowest BCUT2D eigenvalue weighted by molar-refractivity contribution is -0.141. The van der Waals surface area contributed by atoms with Crippen LogP contribution in [0.4, 0.5) is 4.79 Å². The molecule has 1 aromatic rings. The van der Waals surface area contributed by atoms with Gasteiger partial charge in [0, 0.05) is 6.42 Å². The standard InChI is InChI=1S/C15H22N6O6/c1-7(23)10(12(24)25)18-14(26)20-15(4-8(5-15)2-3-16)13-19-11(21-27-13)9(17)6-22/h7-10,22-23H,2,4-6,17H2,1H3,(H,24,25)(H2,18,20,26)/t7-,8?,9-,10-,15?/m0/s1. The molecule has 0 spiro atoms. The normalized spacial score (nSPS) is 24.8. The second kappa shape index (κ2) is 8.30. The number of carboxylic acid groups (broad SMARTS) is 1. The van der Waals surface area contributed by atoms with Crippen LogP contribution in [0.2, 0.25) is 0 Å². The lowest BCUT2D eigenvalue weighted by Gasteiger charge is -2.44. The number of aromatic nitrogens is 2. The molecular formula is C15H22N6O6. The molecule has 27 heavy (non-hydrogen) atoms. The summed E-state index contributed by atoms with van der Waals surface area (Å²) in [5.41, 5.74) is 4.56. The number of aliphatic carboxylic acids is 1. The zero-order chi connectivity index (χ0) is 20.2. The van der Waals surface area contributed by atoms with Crippen LogP contribution >= 0.6 is 0 Å². The minimum absolute atomic E-state index is 0.01000. The molecule has 148 valence electrons. The van der Waals surface area contributed by atoms with Crippen LogP contribution in [0.25, 0.3) is 0 Å². The largest absolute Gasteiger partial charge is 0.480 e. The summed E-state index contributed by atoms with van der Waals surface area (Å²) in [6, 6.07) is -1.15. The van der Waals surface area contributed by atoms with Crippen molar-refractivity contribution in [2.45, 2.75) is 49.9 Å². The second-order valence-electron chi connectivity index (χ2n) is 6.62. The summed E-state index contributed by atoms with van der Waals surface area (Å²) < 4.78 is 5.18. The first-order valence-electron chi connectivity index (χ1n) is 8.29. The van der Waals surface area contributed by atoms with Gasteiger partial charge in [-0.3, -0.25) is 0 Å². The third-order valence-corrected chi connectivity index (χ3v) is 4.42. The number of nitrogens with zero attached hydrogens (tertiary/aromatic N) is 3.